The van der Waals surface area contributed by atoms with Gasteiger partial charge >= 0.3 is 0 Å². The van der Waals surface area contributed by atoms with E-state index in [0.717, 1.165) is 10.9 Å². The van der Waals surface area contributed by atoms with E-state index in [0.29, 0.717) is 34.1 Å². The Morgan fingerprint density at radius 3 is 2.38 bits per heavy atom. The van der Waals surface area contributed by atoms with Gasteiger partial charge in [-0.15, -0.1) is 0 Å². The first-order valence-electron chi connectivity index (χ1n) is 9.16. The molecule has 0 atom stereocenters. The van der Waals surface area contributed by atoms with Crippen molar-refractivity contribution in [2.24, 2.45) is 0 Å². The van der Waals surface area contributed by atoms with E-state index in [9.17, 15) is 4.79 Å². The number of carbonyl (C=O) groups excluding carboxylic acids is 1. The second kappa shape index (κ2) is 6.88. The molecule has 0 N–H and O–H groups in total. The summed E-state index contributed by atoms with van der Waals surface area (Å²) in [7, 11) is 4.65. The summed E-state index contributed by atoms with van der Waals surface area (Å²) in [5.74, 6) is 2.15. The van der Waals surface area contributed by atoms with Crippen LogP contribution in [0.15, 0.2) is 40.8 Å². The quantitative estimate of drug-likeness (QED) is 0.575. The molecule has 0 bridgehead atoms. The molecule has 4 rings (SSSR count). The smallest absolute Gasteiger partial charge is 0.231 e. The molecule has 6 heteroatoms. The van der Waals surface area contributed by atoms with Crippen LogP contribution < -0.4 is 18.9 Å². The molecule has 2 heterocycles. The predicted octanol–water partition coefficient (Wildman–Crippen LogP) is 4.87. The van der Waals surface area contributed by atoms with E-state index in [1.807, 2.05) is 26.0 Å². The molecule has 0 amide bonds. The van der Waals surface area contributed by atoms with Gasteiger partial charge in [-0.2, -0.15) is 0 Å². The van der Waals surface area contributed by atoms with Gasteiger partial charge in [0.2, 0.25) is 5.78 Å². The second-order valence-electron chi connectivity index (χ2n) is 7.28. The SMILES string of the molecule is COc1cc2cc(C(=O)c3ccc4c(c3OC)C=CC(C)(C)O4)oc2cc1OC. The topological polar surface area (TPSA) is 67.1 Å². The fraction of sp³-hybridized carbons (Fsp3) is 0.261. The van der Waals surface area contributed by atoms with Crippen molar-refractivity contribution in [1.29, 1.82) is 0 Å². The molecule has 0 fully saturated rings. The lowest BCUT2D eigenvalue weighted by Gasteiger charge is -2.29. The van der Waals surface area contributed by atoms with Crippen molar-refractivity contribution in [3.05, 3.63) is 53.3 Å². The van der Waals surface area contributed by atoms with Crippen molar-refractivity contribution in [3.8, 4) is 23.0 Å². The Bertz CT molecular complexity index is 1090. The lowest BCUT2D eigenvalue weighted by atomic mass is 9.97. The molecule has 2 aromatic carbocycles. The molecule has 29 heavy (non-hydrogen) atoms. The van der Waals surface area contributed by atoms with Gasteiger partial charge in [0.1, 0.15) is 22.7 Å². The Hall–Kier alpha value is -3.41. The molecule has 6 nitrogen and oxygen atoms in total. The monoisotopic (exact) mass is 394 g/mol. The van der Waals surface area contributed by atoms with Gasteiger partial charge in [0, 0.05) is 11.5 Å². The highest BCUT2D eigenvalue weighted by molar-refractivity contribution is 6.11. The first kappa shape index (κ1) is 18.9. The minimum atomic E-state index is -0.416. The van der Waals surface area contributed by atoms with Gasteiger partial charge in [-0.1, -0.05) is 0 Å². The van der Waals surface area contributed by atoms with Crippen LogP contribution in [0.2, 0.25) is 0 Å². The number of hydrogen-bond acceptors (Lipinski definition) is 6. The molecule has 1 aromatic heterocycles. The molecular weight excluding hydrogens is 372 g/mol. The van der Waals surface area contributed by atoms with Crippen LogP contribution in [-0.2, 0) is 0 Å². The third-order valence-corrected chi connectivity index (χ3v) is 4.88. The van der Waals surface area contributed by atoms with E-state index in [-0.39, 0.29) is 11.5 Å². The highest BCUT2D eigenvalue weighted by Crippen LogP contribution is 2.40. The van der Waals surface area contributed by atoms with E-state index in [4.69, 9.17) is 23.4 Å². The molecule has 0 unspecified atom stereocenters. The van der Waals surface area contributed by atoms with Crippen LogP contribution in [-0.4, -0.2) is 32.7 Å². The third-order valence-electron chi connectivity index (χ3n) is 4.88. The number of benzene rings is 2. The fourth-order valence-electron chi connectivity index (χ4n) is 3.44. The van der Waals surface area contributed by atoms with Crippen LogP contribution in [0.1, 0.15) is 35.5 Å². The Labute approximate surface area is 168 Å². The zero-order valence-corrected chi connectivity index (χ0v) is 17.0. The molecule has 0 radical (unpaired) electrons. The average molecular weight is 394 g/mol. The summed E-state index contributed by atoms with van der Waals surface area (Å²) >= 11 is 0. The van der Waals surface area contributed by atoms with E-state index in [1.165, 1.54) is 7.11 Å². The van der Waals surface area contributed by atoms with Gasteiger partial charge in [-0.3, -0.25) is 4.79 Å². The van der Waals surface area contributed by atoms with Crippen LogP contribution in [0.3, 0.4) is 0 Å². The maximum Gasteiger partial charge on any atom is 0.231 e. The molecule has 0 spiro atoms. The molecule has 1 aliphatic rings. The first-order valence-corrected chi connectivity index (χ1v) is 9.16. The molecule has 1 aliphatic heterocycles. The number of furan rings is 1. The van der Waals surface area contributed by atoms with Gasteiger partial charge in [0.25, 0.3) is 0 Å². The summed E-state index contributed by atoms with van der Waals surface area (Å²) in [5, 5.41) is 0.743. The Kier molecular flexibility index (Phi) is 4.49. The number of carbonyl (C=O) groups is 1. The predicted molar refractivity (Wildman–Crippen MR) is 109 cm³/mol. The highest BCUT2D eigenvalue weighted by atomic mass is 16.5. The van der Waals surface area contributed by atoms with Crippen LogP contribution in [0.5, 0.6) is 23.0 Å². The minimum absolute atomic E-state index is 0.203. The van der Waals surface area contributed by atoms with E-state index >= 15 is 0 Å². The summed E-state index contributed by atoms with van der Waals surface area (Å²) in [5.41, 5.74) is 1.25. The molecule has 0 aliphatic carbocycles. The normalized spacial score (nSPS) is 14.2. The number of fused-ring (bicyclic) bond motifs is 2. The van der Waals surface area contributed by atoms with Crippen molar-refractivity contribution >= 4 is 22.8 Å². The zero-order chi connectivity index (χ0) is 20.8. The van der Waals surface area contributed by atoms with E-state index in [1.54, 1.807) is 44.6 Å². The minimum Gasteiger partial charge on any atom is -0.495 e. The number of rotatable bonds is 5. The Morgan fingerprint density at radius 2 is 1.69 bits per heavy atom. The second-order valence-corrected chi connectivity index (χ2v) is 7.28. The zero-order valence-electron chi connectivity index (χ0n) is 17.0. The van der Waals surface area contributed by atoms with E-state index in [2.05, 4.69) is 0 Å². The van der Waals surface area contributed by atoms with Crippen molar-refractivity contribution < 1.29 is 28.2 Å². The number of ether oxygens (including phenoxy) is 4. The molecule has 150 valence electrons. The molecule has 0 saturated carbocycles. The maximum atomic E-state index is 13.2. The van der Waals surface area contributed by atoms with Crippen LogP contribution in [0.25, 0.3) is 17.0 Å². The van der Waals surface area contributed by atoms with Crippen molar-refractivity contribution in [2.75, 3.05) is 21.3 Å². The summed E-state index contributed by atoms with van der Waals surface area (Å²) < 4.78 is 28.0. The van der Waals surface area contributed by atoms with Gasteiger partial charge < -0.3 is 23.4 Å². The molecule has 3 aromatic rings. The van der Waals surface area contributed by atoms with Crippen LogP contribution in [0.4, 0.5) is 0 Å². The number of hydrogen-bond donors (Lipinski definition) is 0. The maximum absolute atomic E-state index is 13.2. The van der Waals surface area contributed by atoms with Gasteiger partial charge in [0.05, 0.1) is 32.5 Å². The van der Waals surface area contributed by atoms with Crippen molar-refractivity contribution in [2.45, 2.75) is 19.4 Å². The summed E-state index contributed by atoms with van der Waals surface area (Å²) in [6, 6.07) is 8.65. The van der Waals surface area contributed by atoms with E-state index < -0.39 is 5.60 Å². The van der Waals surface area contributed by atoms with Gasteiger partial charge in [-0.05, 0) is 50.3 Å². The Morgan fingerprint density at radius 1 is 0.966 bits per heavy atom. The highest BCUT2D eigenvalue weighted by Gasteiger charge is 2.28. The standard InChI is InChI=1S/C23H22O6/c1-23(2)9-8-14-16(29-23)7-6-15(22(14)27-5)21(24)20-11-13-10-18(25-3)19(26-4)12-17(13)28-20/h6-12H,1-5H3. The van der Waals surface area contributed by atoms with Crippen molar-refractivity contribution in [3.63, 3.8) is 0 Å². The van der Waals surface area contributed by atoms with Gasteiger partial charge in [0.15, 0.2) is 17.3 Å². The summed E-state index contributed by atoms with van der Waals surface area (Å²) in [4.78, 5) is 13.2. The molecule has 0 saturated heterocycles. The lowest BCUT2D eigenvalue weighted by Crippen LogP contribution is -2.27. The van der Waals surface area contributed by atoms with Crippen LogP contribution >= 0.6 is 0 Å². The first-order chi connectivity index (χ1) is 13.9. The van der Waals surface area contributed by atoms with Gasteiger partial charge in [-0.25, -0.2) is 0 Å². The lowest BCUT2D eigenvalue weighted by molar-refractivity contribution is 0.101. The van der Waals surface area contributed by atoms with Crippen LogP contribution in [0, 0.1) is 0 Å². The fourth-order valence-corrected chi connectivity index (χ4v) is 3.44. The number of methoxy groups -OCH3 is 3. The third kappa shape index (κ3) is 3.20. The molecular formula is C23H22O6. The Balaban J connectivity index is 1.79. The summed E-state index contributed by atoms with van der Waals surface area (Å²) in [6.45, 7) is 3.93. The largest absolute Gasteiger partial charge is 0.495 e. The average Bonchev–Trinajstić information content (AvgIpc) is 3.13. The van der Waals surface area contributed by atoms with Crippen molar-refractivity contribution in [1.82, 2.24) is 0 Å². The number of ketones is 1. The summed E-state index contributed by atoms with van der Waals surface area (Å²) in [6.07, 6.45) is 3.86.